The molecule has 31 heavy (non-hydrogen) atoms. The molecule has 158 valence electrons. The molecular weight excluding hydrogens is 463 g/mol. The standard InChI is InChI=1S/C23H20BrFN4O2/c1-3-20(14-4-9-22(31-2)19(24)10-14)28-23(30)18-11-26-13-21-17(18)12-27-29(21)16-7-5-15(25)6-8-16/h4-13,20H,3H2,1-2H3,(H,28,30). The number of carbonyl (C=O) groups is 1. The van der Waals surface area contributed by atoms with Gasteiger partial charge in [-0.05, 0) is 64.3 Å². The number of aromatic nitrogens is 3. The van der Waals surface area contributed by atoms with Gasteiger partial charge in [0.25, 0.3) is 5.91 Å². The molecule has 1 N–H and O–H groups in total. The Morgan fingerprint density at radius 1 is 1.19 bits per heavy atom. The van der Waals surface area contributed by atoms with Gasteiger partial charge in [-0.15, -0.1) is 0 Å². The van der Waals surface area contributed by atoms with Crippen LogP contribution in [0, 0.1) is 5.82 Å². The molecular formula is C23H20BrFN4O2. The summed E-state index contributed by atoms with van der Waals surface area (Å²) in [6.45, 7) is 2.01. The van der Waals surface area contributed by atoms with Gasteiger partial charge >= 0.3 is 0 Å². The molecule has 0 aliphatic carbocycles. The second-order valence-corrected chi connectivity index (χ2v) is 7.84. The maximum atomic E-state index is 13.3. The molecule has 0 bridgehead atoms. The van der Waals surface area contributed by atoms with Crippen molar-refractivity contribution in [3.8, 4) is 11.4 Å². The maximum absolute atomic E-state index is 13.3. The summed E-state index contributed by atoms with van der Waals surface area (Å²) in [7, 11) is 1.61. The van der Waals surface area contributed by atoms with E-state index >= 15 is 0 Å². The van der Waals surface area contributed by atoms with Crippen LogP contribution in [0.3, 0.4) is 0 Å². The van der Waals surface area contributed by atoms with Crippen LogP contribution < -0.4 is 10.1 Å². The molecule has 4 rings (SSSR count). The Morgan fingerprint density at radius 2 is 1.97 bits per heavy atom. The Kier molecular flexibility index (Phi) is 5.99. The third-order valence-electron chi connectivity index (χ3n) is 5.10. The van der Waals surface area contributed by atoms with Gasteiger partial charge in [-0.2, -0.15) is 5.10 Å². The van der Waals surface area contributed by atoms with Crippen LogP contribution in [0.4, 0.5) is 4.39 Å². The van der Waals surface area contributed by atoms with Crippen LogP contribution in [0.5, 0.6) is 5.75 Å². The smallest absolute Gasteiger partial charge is 0.254 e. The molecule has 1 amide bonds. The van der Waals surface area contributed by atoms with Crippen molar-refractivity contribution in [1.82, 2.24) is 20.1 Å². The summed E-state index contributed by atoms with van der Waals surface area (Å²) >= 11 is 3.50. The summed E-state index contributed by atoms with van der Waals surface area (Å²) in [5.41, 5.74) is 2.74. The van der Waals surface area contributed by atoms with E-state index in [0.29, 0.717) is 28.6 Å². The quantitative estimate of drug-likeness (QED) is 0.409. The van der Waals surface area contributed by atoms with Crippen molar-refractivity contribution < 1.29 is 13.9 Å². The van der Waals surface area contributed by atoms with Crippen LogP contribution in [-0.2, 0) is 0 Å². The lowest BCUT2D eigenvalue weighted by Gasteiger charge is -2.18. The van der Waals surface area contributed by atoms with Crippen LogP contribution >= 0.6 is 15.9 Å². The van der Waals surface area contributed by atoms with Crippen molar-refractivity contribution in [1.29, 1.82) is 0 Å². The molecule has 0 saturated heterocycles. The number of amides is 1. The predicted octanol–water partition coefficient (Wildman–Crippen LogP) is 5.21. The number of ether oxygens (including phenoxy) is 1. The summed E-state index contributed by atoms with van der Waals surface area (Å²) in [5.74, 6) is 0.164. The summed E-state index contributed by atoms with van der Waals surface area (Å²) in [6, 6.07) is 11.5. The molecule has 0 saturated carbocycles. The second-order valence-electron chi connectivity index (χ2n) is 6.98. The first-order chi connectivity index (χ1) is 15.0. The lowest BCUT2D eigenvalue weighted by molar-refractivity contribution is 0.0937. The van der Waals surface area contributed by atoms with E-state index in [2.05, 4.69) is 31.3 Å². The minimum absolute atomic E-state index is 0.183. The molecule has 0 fully saturated rings. The van der Waals surface area contributed by atoms with Gasteiger partial charge in [0.05, 0.1) is 46.8 Å². The zero-order valence-corrected chi connectivity index (χ0v) is 18.6. The number of halogens is 2. The fraction of sp³-hybridized carbons (Fsp3) is 0.174. The van der Waals surface area contributed by atoms with Crippen molar-refractivity contribution in [2.24, 2.45) is 0 Å². The number of fused-ring (bicyclic) bond motifs is 1. The van der Waals surface area contributed by atoms with Crippen LogP contribution in [0.1, 0.15) is 35.3 Å². The average Bonchev–Trinajstić information content (AvgIpc) is 3.22. The van der Waals surface area contributed by atoms with Gasteiger partial charge in [-0.1, -0.05) is 13.0 Å². The van der Waals surface area contributed by atoms with E-state index in [4.69, 9.17) is 4.74 Å². The molecule has 1 atom stereocenters. The predicted molar refractivity (Wildman–Crippen MR) is 120 cm³/mol. The molecule has 1 unspecified atom stereocenters. The number of hydrogen-bond acceptors (Lipinski definition) is 4. The molecule has 2 aromatic heterocycles. The number of nitrogens with one attached hydrogen (secondary N) is 1. The number of rotatable bonds is 6. The van der Waals surface area contributed by atoms with Gasteiger partial charge in [-0.25, -0.2) is 9.07 Å². The maximum Gasteiger partial charge on any atom is 0.254 e. The molecule has 0 spiro atoms. The Hall–Kier alpha value is -3.26. The molecule has 4 aromatic rings. The zero-order chi connectivity index (χ0) is 22.0. The topological polar surface area (TPSA) is 69.0 Å². The highest BCUT2D eigenvalue weighted by molar-refractivity contribution is 9.10. The van der Waals surface area contributed by atoms with Gasteiger partial charge < -0.3 is 10.1 Å². The summed E-state index contributed by atoms with van der Waals surface area (Å²) in [4.78, 5) is 17.4. The normalized spacial score (nSPS) is 12.0. The fourth-order valence-corrected chi connectivity index (χ4v) is 4.03. The Labute approximate surface area is 187 Å². The molecule has 8 heteroatoms. The molecule has 0 radical (unpaired) electrons. The third kappa shape index (κ3) is 4.16. The lowest BCUT2D eigenvalue weighted by atomic mass is 10.0. The SMILES string of the molecule is CCC(NC(=O)c1cncc2c1cnn2-c1ccc(F)cc1)c1ccc(OC)c(Br)c1. The Morgan fingerprint density at radius 3 is 2.65 bits per heavy atom. The first-order valence-corrected chi connectivity index (χ1v) is 10.5. The van der Waals surface area contributed by atoms with E-state index in [1.165, 1.54) is 18.3 Å². The van der Waals surface area contributed by atoms with Gasteiger partial charge in [0.2, 0.25) is 0 Å². The number of pyridine rings is 1. The molecule has 0 aliphatic heterocycles. The minimum Gasteiger partial charge on any atom is -0.496 e. The van der Waals surface area contributed by atoms with E-state index in [-0.39, 0.29) is 17.8 Å². The van der Waals surface area contributed by atoms with Crippen molar-refractivity contribution in [2.75, 3.05) is 7.11 Å². The van der Waals surface area contributed by atoms with Crippen molar-refractivity contribution in [3.63, 3.8) is 0 Å². The highest BCUT2D eigenvalue weighted by Gasteiger charge is 2.19. The van der Waals surface area contributed by atoms with Gasteiger partial charge in [0.15, 0.2) is 0 Å². The molecule has 0 aliphatic rings. The highest BCUT2D eigenvalue weighted by Crippen LogP contribution is 2.29. The number of benzene rings is 2. The summed E-state index contributed by atoms with van der Waals surface area (Å²) in [5, 5.41) is 8.14. The Bertz CT molecular complexity index is 1240. The number of methoxy groups -OCH3 is 1. The van der Waals surface area contributed by atoms with Crippen LogP contribution in [0.25, 0.3) is 16.6 Å². The van der Waals surface area contributed by atoms with E-state index in [1.54, 1.807) is 36.3 Å². The first-order valence-electron chi connectivity index (χ1n) is 9.73. The van der Waals surface area contributed by atoms with Gasteiger partial charge in [0.1, 0.15) is 11.6 Å². The van der Waals surface area contributed by atoms with Crippen molar-refractivity contribution in [3.05, 3.63) is 82.5 Å². The largest absolute Gasteiger partial charge is 0.496 e. The van der Waals surface area contributed by atoms with Crippen LogP contribution in [0.15, 0.2) is 65.5 Å². The van der Waals surface area contributed by atoms with E-state index in [0.717, 1.165) is 15.8 Å². The molecule has 2 heterocycles. The Balaban J connectivity index is 1.64. The van der Waals surface area contributed by atoms with Gasteiger partial charge in [-0.3, -0.25) is 9.78 Å². The minimum atomic E-state index is -0.325. The van der Waals surface area contributed by atoms with Crippen LogP contribution in [0.2, 0.25) is 0 Å². The van der Waals surface area contributed by atoms with Crippen LogP contribution in [-0.4, -0.2) is 27.8 Å². The number of hydrogen-bond donors (Lipinski definition) is 1. The fourth-order valence-electron chi connectivity index (χ4n) is 3.47. The summed E-state index contributed by atoms with van der Waals surface area (Å²) < 4.78 is 21.0. The lowest BCUT2D eigenvalue weighted by Crippen LogP contribution is -2.28. The molecule has 2 aromatic carbocycles. The number of nitrogens with zero attached hydrogens (tertiary/aromatic N) is 3. The average molecular weight is 483 g/mol. The monoisotopic (exact) mass is 482 g/mol. The third-order valence-corrected chi connectivity index (χ3v) is 5.72. The van der Waals surface area contributed by atoms with E-state index < -0.39 is 0 Å². The van der Waals surface area contributed by atoms with Crippen molar-refractivity contribution in [2.45, 2.75) is 19.4 Å². The second kappa shape index (κ2) is 8.85. The van der Waals surface area contributed by atoms with Gasteiger partial charge in [0, 0.05) is 11.6 Å². The highest BCUT2D eigenvalue weighted by atomic mass is 79.9. The van der Waals surface area contributed by atoms with E-state index in [1.807, 2.05) is 25.1 Å². The van der Waals surface area contributed by atoms with E-state index in [9.17, 15) is 9.18 Å². The zero-order valence-electron chi connectivity index (χ0n) is 17.0. The van der Waals surface area contributed by atoms with Crippen molar-refractivity contribution >= 4 is 32.7 Å². The first kappa shape index (κ1) is 21.0. The number of carbonyl (C=O) groups excluding carboxylic acids is 1. The molecule has 6 nitrogen and oxygen atoms in total. The summed E-state index contributed by atoms with van der Waals surface area (Å²) in [6.07, 6.45) is 5.51.